The monoisotopic (exact) mass is 376 g/mol. The third-order valence-electron chi connectivity index (χ3n) is 4.56. The van der Waals surface area contributed by atoms with Crippen molar-refractivity contribution in [1.29, 1.82) is 0 Å². The van der Waals surface area contributed by atoms with Crippen LogP contribution in [-0.2, 0) is 17.8 Å². The van der Waals surface area contributed by atoms with E-state index in [0.29, 0.717) is 11.3 Å². The second kappa shape index (κ2) is 8.52. The molecule has 0 spiro atoms. The van der Waals surface area contributed by atoms with Crippen molar-refractivity contribution in [3.05, 3.63) is 77.4 Å². The van der Waals surface area contributed by atoms with E-state index in [1.165, 1.54) is 0 Å². The lowest BCUT2D eigenvalue weighted by molar-refractivity contribution is -0.116. The number of rotatable bonds is 6. The molecule has 0 radical (unpaired) electrons. The molecule has 3 rings (SSSR count). The van der Waals surface area contributed by atoms with Crippen molar-refractivity contribution in [2.45, 2.75) is 33.7 Å². The van der Waals surface area contributed by atoms with Crippen molar-refractivity contribution in [2.24, 2.45) is 0 Å². The minimum atomic E-state index is -0.212. The number of nitrogens with one attached hydrogen (secondary N) is 2. The summed E-state index contributed by atoms with van der Waals surface area (Å²) in [4.78, 5) is 29.2. The van der Waals surface area contributed by atoms with Crippen LogP contribution in [0.15, 0.2) is 54.9 Å². The van der Waals surface area contributed by atoms with Crippen LogP contribution in [0.3, 0.4) is 0 Å². The van der Waals surface area contributed by atoms with Gasteiger partial charge in [0.1, 0.15) is 12.4 Å². The first-order chi connectivity index (χ1) is 13.5. The number of anilines is 2. The highest BCUT2D eigenvalue weighted by Gasteiger charge is 2.12. The van der Waals surface area contributed by atoms with Gasteiger partial charge in [-0.05, 0) is 43.2 Å². The number of amides is 2. The molecule has 1 aromatic heterocycles. The molecule has 0 aliphatic carbocycles. The van der Waals surface area contributed by atoms with E-state index in [1.807, 2.05) is 43.5 Å². The summed E-state index contributed by atoms with van der Waals surface area (Å²) in [6.07, 6.45) is 4.23. The van der Waals surface area contributed by atoms with Crippen LogP contribution < -0.4 is 10.6 Å². The average molecular weight is 376 g/mol. The predicted octanol–water partition coefficient (Wildman–Crippen LogP) is 3.95. The molecule has 28 heavy (non-hydrogen) atoms. The lowest BCUT2D eigenvalue weighted by atomic mass is 10.1. The summed E-state index contributed by atoms with van der Waals surface area (Å²) in [6.45, 7) is 6.09. The van der Waals surface area contributed by atoms with Crippen molar-refractivity contribution in [3.63, 3.8) is 0 Å². The highest BCUT2D eigenvalue weighted by Crippen LogP contribution is 2.21. The molecular formula is C22H24N4O2. The molecule has 0 saturated heterocycles. The molecule has 2 aromatic carbocycles. The van der Waals surface area contributed by atoms with Gasteiger partial charge < -0.3 is 15.2 Å². The van der Waals surface area contributed by atoms with Gasteiger partial charge in [0.15, 0.2) is 0 Å². The second-order valence-corrected chi connectivity index (χ2v) is 6.67. The van der Waals surface area contributed by atoms with E-state index in [4.69, 9.17) is 0 Å². The van der Waals surface area contributed by atoms with Gasteiger partial charge in [-0.1, -0.05) is 31.2 Å². The fraction of sp³-hybridized carbons (Fsp3) is 0.227. The summed E-state index contributed by atoms with van der Waals surface area (Å²) in [5.74, 6) is 0.480. The number of imidazole rings is 1. The lowest BCUT2D eigenvalue weighted by Crippen LogP contribution is -2.20. The van der Waals surface area contributed by atoms with Crippen molar-refractivity contribution in [1.82, 2.24) is 9.55 Å². The van der Waals surface area contributed by atoms with Crippen LogP contribution >= 0.6 is 0 Å². The molecule has 2 amide bonds. The molecule has 144 valence electrons. The van der Waals surface area contributed by atoms with Gasteiger partial charge >= 0.3 is 0 Å². The molecular weight excluding hydrogens is 352 g/mol. The highest BCUT2D eigenvalue weighted by atomic mass is 16.2. The van der Waals surface area contributed by atoms with Gasteiger partial charge in [-0.3, -0.25) is 9.59 Å². The second-order valence-electron chi connectivity index (χ2n) is 6.67. The number of hydrogen-bond acceptors (Lipinski definition) is 3. The van der Waals surface area contributed by atoms with E-state index in [0.717, 1.165) is 29.1 Å². The molecule has 0 unspecified atom stereocenters. The molecule has 3 aromatic rings. The Labute approximate surface area is 164 Å². The van der Waals surface area contributed by atoms with Crippen LogP contribution in [0.25, 0.3) is 0 Å². The SMILES string of the molecule is CCc1nccn1CC(=O)Nc1cccc(C(=O)Nc2c(C)cccc2C)c1. The summed E-state index contributed by atoms with van der Waals surface area (Å²) in [6, 6.07) is 12.8. The first-order valence-corrected chi connectivity index (χ1v) is 9.25. The van der Waals surface area contributed by atoms with Crippen molar-refractivity contribution < 1.29 is 9.59 Å². The Hall–Kier alpha value is -3.41. The number of nitrogens with zero attached hydrogens (tertiary/aromatic N) is 2. The summed E-state index contributed by atoms with van der Waals surface area (Å²) in [7, 11) is 0. The van der Waals surface area contributed by atoms with E-state index in [9.17, 15) is 9.59 Å². The quantitative estimate of drug-likeness (QED) is 0.684. The number of aryl methyl sites for hydroxylation is 3. The maximum absolute atomic E-state index is 12.7. The highest BCUT2D eigenvalue weighted by molar-refractivity contribution is 6.06. The Morgan fingerprint density at radius 1 is 1.04 bits per heavy atom. The number of carbonyl (C=O) groups is 2. The van der Waals surface area contributed by atoms with Gasteiger partial charge in [0.05, 0.1) is 0 Å². The van der Waals surface area contributed by atoms with Crippen LogP contribution in [0.2, 0.25) is 0 Å². The molecule has 6 nitrogen and oxygen atoms in total. The first kappa shape index (κ1) is 19.4. The molecule has 0 aliphatic rings. The Bertz CT molecular complexity index is 987. The fourth-order valence-corrected chi connectivity index (χ4v) is 3.09. The normalized spacial score (nSPS) is 10.5. The molecule has 0 bridgehead atoms. The van der Waals surface area contributed by atoms with E-state index in [1.54, 1.807) is 36.7 Å². The molecule has 0 atom stereocenters. The average Bonchev–Trinajstić information content (AvgIpc) is 3.11. The smallest absolute Gasteiger partial charge is 0.255 e. The first-order valence-electron chi connectivity index (χ1n) is 9.25. The number of carbonyl (C=O) groups excluding carboxylic acids is 2. The summed E-state index contributed by atoms with van der Waals surface area (Å²) in [5, 5.41) is 5.81. The standard InChI is InChI=1S/C22H24N4O2/c1-4-19-23-11-12-26(19)14-20(27)24-18-10-6-9-17(13-18)22(28)25-21-15(2)7-5-8-16(21)3/h5-13H,4,14H2,1-3H3,(H,24,27)(H,25,28). The lowest BCUT2D eigenvalue weighted by Gasteiger charge is -2.12. The minimum Gasteiger partial charge on any atom is -0.326 e. The van der Waals surface area contributed by atoms with Crippen LogP contribution in [0.4, 0.5) is 11.4 Å². The third kappa shape index (κ3) is 4.46. The molecule has 2 N–H and O–H groups in total. The molecule has 0 fully saturated rings. The van der Waals surface area contributed by atoms with Gasteiger partial charge in [-0.25, -0.2) is 4.98 Å². The van der Waals surface area contributed by atoms with Crippen LogP contribution in [0.5, 0.6) is 0 Å². The van der Waals surface area contributed by atoms with Crippen LogP contribution in [0, 0.1) is 13.8 Å². The zero-order valence-electron chi connectivity index (χ0n) is 16.3. The van der Waals surface area contributed by atoms with Crippen molar-refractivity contribution >= 4 is 23.2 Å². The van der Waals surface area contributed by atoms with Crippen LogP contribution in [-0.4, -0.2) is 21.4 Å². The Morgan fingerprint density at radius 3 is 2.46 bits per heavy atom. The summed E-state index contributed by atoms with van der Waals surface area (Å²) >= 11 is 0. The zero-order valence-corrected chi connectivity index (χ0v) is 16.3. The van der Waals surface area contributed by atoms with Crippen molar-refractivity contribution in [2.75, 3.05) is 10.6 Å². The molecule has 1 heterocycles. The molecule has 0 saturated carbocycles. The molecule has 6 heteroatoms. The van der Waals surface area contributed by atoms with E-state index in [-0.39, 0.29) is 18.4 Å². The number of benzene rings is 2. The third-order valence-corrected chi connectivity index (χ3v) is 4.56. The largest absolute Gasteiger partial charge is 0.326 e. The maximum Gasteiger partial charge on any atom is 0.255 e. The summed E-state index contributed by atoms with van der Waals surface area (Å²) in [5.41, 5.74) is 3.89. The van der Waals surface area contributed by atoms with Crippen molar-refractivity contribution in [3.8, 4) is 0 Å². The number of para-hydroxylation sites is 1. The Kier molecular flexibility index (Phi) is 5.89. The topological polar surface area (TPSA) is 76.0 Å². The van der Waals surface area contributed by atoms with Gasteiger partial charge in [0.25, 0.3) is 5.91 Å². The van der Waals surface area contributed by atoms with Crippen LogP contribution in [0.1, 0.15) is 34.2 Å². The Morgan fingerprint density at radius 2 is 1.75 bits per heavy atom. The predicted molar refractivity (Wildman–Crippen MR) is 111 cm³/mol. The van der Waals surface area contributed by atoms with Gasteiger partial charge in [-0.15, -0.1) is 0 Å². The van der Waals surface area contributed by atoms with Gasteiger partial charge in [-0.2, -0.15) is 0 Å². The maximum atomic E-state index is 12.7. The van der Waals surface area contributed by atoms with Gasteiger partial charge in [0, 0.05) is 35.8 Å². The fourth-order valence-electron chi connectivity index (χ4n) is 3.09. The van der Waals surface area contributed by atoms with E-state index in [2.05, 4.69) is 15.6 Å². The molecule has 0 aliphatic heterocycles. The zero-order chi connectivity index (χ0) is 20.1. The van der Waals surface area contributed by atoms with E-state index < -0.39 is 0 Å². The minimum absolute atomic E-state index is 0.167. The Balaban J connectivity index is 1.69. The summed E-state index contributed by atoms with van der Waals surface area (Å²) < 4.78 is 1.81. The number of aromatic nitrogens is 2. The number of hydrogen-bond donors (Lipinski definition) is 2. The van der Waals surface area contributed by atoms with Gasteiger partial charge in [0.2, 0.25) is 5.91 Å². The van der Waals surface area contributed by atoms with E-state index >= 15 is 0 Å².